The summed E-state index contributed by atoms with van der Waals surface area (Å²) in [6.07, 6.45) is 1.84. The lowest BCUT2D eigenvalue weighted by Crippen LogP contribution is -2.43. The maximum Gasteiger partial charge on any atom is 0.337 e. The van der Waals surface area contributed by atoms with E-state index in [4.69, 9.17) is 9.73 Å². The van der Waals surface area contributed by atoms with Crippen LogP contribution >= 0.6 is 11.8 Å². The summed E-state index contributed by atoms with van der Waals surface area (Å²) in [4.78, 5) is 34.5. The summed E-state index contributed by atoms with van der Waals surface area (Å²) >= 11 is 1.38. The molecule has 1 fully saturated rings. The van der Waals surface area contributed by atoms with Crippen molar-refractivity contribution < 1.29 is 14.3 Å². The molecule has 0 bridgehead atoms. The van der Waals surface area contributed by atoms with Crippen LogP contribution in [0.15, 0.2) is 64.5 Å². The van der Waals surface area contributed by atoms with Crippen molar-refractivity contribution in [2.75, 3.05) is 20.2 Å². The highest BCUT2D eigenvalue weighted by Crippen LogP contribution is 2.34. The van der Waals surface area contributed by atoms with Gasteiger partial charge in [0.05, 0.1) is 23.3 Å². The molecule has 2 aromatic carbocycles. The van der Waals surface area contributed by atoms with Crippen LogP contribution in [0.3, 0.4) is 0 Å². The minimum atomic E-state index is -0.385. The van der Waals surface area contributed by atoms with Gasteiger partial charge in [0.1, 0.15) is 0 Å². The molecule has 0 radical (unpaired) electrons. The van der Waals surface area contributed by atoms with Gasteiger partial charge in [0.15, 0.2) is 5.17 Å². The number of benzene rings is 2. The molecule has 1 saturated heterocycles. The number of carbonyl (C=O) groups excluding carboxylic acids is 2. The van der Waals surface area contributed by atoms with Gasteiger partial charge in [-0.15, -0.1) is 0 Å². The molecule has 1 amide bonds. The fourth-order valence-corrected chi connectivity index (χ4v) is 4.74. The third kappa shape index (κ3) is 6.33. The Bertz CT molecular complexity index is 1020. The van der Waals surface area contributed by atoms with E-state index in [1.165, 1.54) is 18.9 Å². The number of rotatable bonds is 8. The average molecular weight is 466 g/mol. The molecule has 1 aliphatic heterocycles. The van der Waals surface area contributed by atoms with Crippen molar-refractivity contribution in [3.8, 4) is 0 Å². The SMILES string of the molecule is COC(=O)c1ccc(C=C2SC(=Nc3ccccc3)N(CCN(C(C)C)C(C)C)C2=O)cc1. The number of esters is 1. The standard InChI is InChI=1S/C26H31N3O3S/c1-18(2)28(19(3)4)15-16-29-24(30)23(33-26(29)27-22-9-7-6-8-10-22)17-20-11-13-21(14-12-20)25(31)32-5/h6-14,17-19H,15-16H2,1-5H3. The minimum Gasteiger partial charge on any atom is -0.465 e. The van der Waals surface area contributed by atoms with E-state index in [1.807, 2.05) is 48.5 Å². The number of para-hydroxylation sites is 1. The van der Waals surface area contributed by atoms with E-state index in [0.29, 0.717) is 34.3 Å². The van der Waals surface area contributed by atoms with Crippen LogP contribution in [0, 0.1) is 0 Å². The second kappa shape index (κ2) is 11.3. The van der Waals surface area contributed by atoms with Gasteiger partial charge < -0.3 is 4.74 Å². The molecule has 0 unspecified atom stereocenters. The highest BCUT2D eigenvalue weighted by molar-refractivity contribution is 8.18. The first kappa shape index (κ1) is 24.7. The lowest BCUT2D eigenvalue weighted by molar-refractivity contribution is -0.122. The van der Waals surface area contributed by atoms with Gasteiger partial charge >= 0.3 is 5.97 Å². The van der Waals surface area contributed by atoms with E-state index in [9.17, 15) is 9.59 Å². The number of aliphatic imine (C=N–C) groups is 1. The quantitative estimate of drug-likeness (QED) is 0.396. The first-order chi connectivity index (χ1) is 15.8. The zero-order valence-electron chi connectivity index (χ0n) is 19.8. The Morgan fingerprint density at radius 3 is 2.27 bits per heavy atom. The third-order valence-electron chi connectivity index (χ3n) is 5.41. The number of methoxy groups -OCH3 is 1. The molecular weight excluding hydrogens is 434 g/mol. The topological polar surface area (TPSA) is 62.2 Å². The molecule has 1 aliphatic rings. The van der Waals surface area contributed by atoms with Crippen LogP contribution in [0.2, 0.25) is 0 Å². The Balaban J connectivity index is 1.88. The van der Waals surface area contributed by atoms with Crippen molar-refractivity contribution in [2.24, 2.45) is 4.99 Å². The van der Waals surface area contributed by atoms with Gasteiger partial charge in [0, 0.05) is 25.2 Å². The molecule has 3 rings (SSSR count). The largest absolute Gasteiger partial charge is 0.465 e. The lowest BCUT2D eigenvalue weighted by atomic mass is 10.1. The smallest absolute Gasteiger partial charge is 0.337 e. The molecule has 7 heteroatoms. The fourth-order valence-electron chi connectivity index (χ4n) is 3.71. The first-order valence-corrected chi connectivity index (χ1v) is 11.9. The second-order valence-corrected chi connectivity index (χ2v) is 9.35. The summed E-state index contributed by atoms with van der Waals surface area (Å²) in [5, 5.41) is 0.677. The van der Waals surface area contributed by atoms with Crippen LogP contribution in [-0.2, 0) is 9.53 Å². The fraction of sp³-hybridized carbons (Fsp3) is 0.346. The van der Waals surface area contributed by atoms with E-state index in [-0.39, 0.29) is 11.9 Å². The van der Waals surface area contributed by atoms with Crippen molar-refractivity contribution in [3.05, 3.63) is 70.6 Å². The van der Waals surface area contributed by atoms with Crippen LogP contribution in [-0.4, -0.2) is 59.1 Å². The van der Waals surface area contributed by atoms with Gasteiger partial charge in [-0.25, -0.2) is 9.79 Å². The van der Waals surface area contributed by atoms with Crippen LogP contribution in [0.1, 0.15) is 43.6 Å². The van der Waals surface area contributed by atoms with Crippen molar-refractivity contribution >= 4 is 40.6 Å². The van der Waals surface area contributed by atoms with Crippen LogP contribution in [0.25, 0.3) is 6.08 Å². The summed E-state index contributed by atoms with van der Waals surface area (Å²) in [5.41, 5.74) is 2.12. The monoisotopic (exact) mass is 465 g/mol. The number of hydrogen-bond donors (Lipinski definition) is 0. The number of amides is 1. The Hall–Kier alpha value is -2.90. The van der Waals surface area contributed by atoms with Gasteiger partial charge in [0.25, 0.3) is 5.91 Å². The molecule has 2 aromatic rings. The Labute approximate surface area is 200 Å². The number of hydrogen-bond acceptors (Lipinski definition) is 6. The highest BCUT2D eigenvalue weighted by atomic mass is 32.2. The summed E-state index contributed by atoms with van der Waals surface area (Å²) < 4.78 is 4.75. The lowest BCUT2D eigenvalue weighted by Gasteiger charge is -2.31. The number of amidine groups is 1. The van der Waals surface area contributed by atoms with E-state index in [1.54, 1.807) is 17.0 Å². The van der Waals surface area contributed by atoms with Gasteiger partial charge in [-0.1, -0.05) is 30.3 Å². The van der Waals surface area contributed by atoms with Gasteiger partial charge in [-0.2, -0.15) is 0 Å². The van der Waals surface area contributed by atoms with E-state index < -0.39 is 0 Å². The van der Waals surface area contributed by atoms with Gasteiger partial charge in [-0.3, -0.25) is 14.6 Å². The van der Waals surface area contributed by atoms with Gasteiger partial charge in [0.2, 0.25) is 0 Å². The molecular formula is C26H31N3O3S. The number of nitrogens with zero attached hydrogens (tertiary/aromatic N) is 3. The maximum atomic E-state index is 13.3. The van der Waals surface area contributed by atoms with Crippen LogP contribution < -0.4 is 0 Å². The van der Waals surface area contributed by atoms with E-state index in [2.05, 4.69) is 32.6 Å². The number of thioether (sulfide) groups is 1. The van der Waals surface area contributed by atoms with E-state index in [0.717, 1.165) is 17.8 Å². The van der Waals surface area contributed by atoms with Crippen LogP contribution in [0.4, 0.5) is 5.69 Å². The summed E-state index contributed by atoms with van der Waals surface area (Å²) in [7, 11) is 1.36. The molecule has 0 saturated carbocycles. The average Bonchev–Trinajstić information content (AvgIpc) is 3.08. The molecule has 0 spiro atoms. The molecule has 1 heterocycles. The second-order valence-electron chi connectivity index (χ2n) is 8.34. The van der Waals surface area contributed by atoms with Crippen molar-refractivity contribution in [1.29, 1.82) is 0 Å². The predicted octanol–water partition coefficient (Wildman–Crippen LogP) is 5.20. The zero-order valence-corrected chi connectivity index (χ0v) is 20.6. The Kier molecular flexibility index (Phi) is 8.47. The van der Waals surface area contributed by atoms with Gasteiger partial charge in [-0.05, 0) is 75.4 Å². The molecule has 6 nitrogen and oxygen atoms in total. The van der Waals surface area contributed by atoms with Crippen molar-refractivity contribution in [1.82, 2.24) is 9.80 Å². The van der Waals surface area contributed by atoms with Crippen LogP contribution in [0.5, 0.6) is 0 Å². The maximum absolute atomic E-state index is 13.3. The number of carbonyl (C=O) groups is 2. The predicted molar refractivity (Wildman–Crippen MR) is 136 cm³/mol. The summed E-state index contributed by atoms with van der Waals surface area (Å²) in [5.74, 6) is -0.442. The molecule has 0 aliphatic carbocycles. The number of ether oxygens (including phenoxy) is 1. The molecule has 33 heavy (non-hydrogen) atoms. The molecule has 174 valence electrons. The summed E-state index contributed by atoms with van der Waals surface area (Å²) in [6, 6.07) is 17.4. The van der Waals surface area contributed by atoms with Crippen molar-refractivity contribution in [2.45, 2.75) is 39.8 Å². The highest BCUT2D eigenvalue weighted by Gasteiger charge is 2.34. The third-order valence-corrected chi connectivity index (χ3v) is 6.41. The first-order valence-electron chi connectivity index (χ1n) is 11.1. The Morgan fingerprint density at radius 2 is 1.70 bits per heavy atom. The molecule has 0 aromatic heterocycles. The van der Waals surface area contributed by atoms with E-state index >= 15 is 0 Å². The molecule has 0 N–H and O–H groups in total. The van der Waals surface area contributed by atoms with Crippen molar-refractivity contribution in [3.63, 3.8) is 0 Å². The summed E-state index contributed by atoms with van der Waals surface area (Å²) in [6.45, 7) is 10.0. The molecule has 0 atom stereocenters. The normalized spacial score (nSPS) is 16.6. The minimum absolute atomic E-state index is 0.0563. The zero-order chi connectivity index (χ0) is 24.0. The Morgan fingerprint density at radius 1 is 1.06 bits per heavy atom.